The van der Waals surface area contributed by atoms with Crippen LogP contribution in [-0.2, 0) is 0 Å². The second kappa shape index (κ2) is 4.66. The van der Waals surface area contributed by atoms with Crippen LogP contribution in [0.1, 0.15) is 34.5 Å². The van der Waals surface area contributed by atoms with Crippen LogP contribution < -0.4 is 5.32 Å². The molecule has 1 heterocycles. The highest BCUT2D eigenvalue weighted by atomic mass is 79.9. The van der Waals surface area contributed by atoms with E-state index in [1.54, 1.807) is 0 Å². The van der Waals surface area contributed by atoms with Crippen molar-refractivity contribution in [2.24, 2.45) is 0 Å². The van der Waals surface area contributed by atoms with Gasteiger partial charge in [0.15, 0.2) is 0 Å². The maximum Gasteiger partial charge on any atom is 0.261 e. The Morgan fingerprint density at radius 3 is 2.93 bits per heavy atom. The number of halogens is 1. The van der Waals surface area contributed by atoms with Gasteiger partial charge in [-0.1, -0.05) is 22.4 Å². The summed E-state index contributed by atoms with van der Waals surface area (Å²) in [5.74, 6) is 0.0823. The van der Waals surface area contributed by atoms with Gasteiger partial charge in [-0.15, -0.1) is 11.3 Å². The Bertz CT molecular complexity index is 363. The van der Waals surface area contributed by atoms with Crippen LogP contribution in [0.15, 0.2) is 11.4 Å². The van der Waals surface area contributed by atoms with Crippen molar-refractivity contribution in [2.75, 3.05) is 0 Å². The Labute approximate surface area is 102 Å². The first kappa shape index (κ1) is 11.1. The third-order valence-corrected chi connectivity index (χ3v) is 4.93. The molecular weight excluding hydrogens is 274 g/mol. The number of hydrogen-bond acceptors (Lipinski definition) is 2. The highest BCUT2D eigenvalue weighted by Crippen LogP contribution is 2.26. The zero-order chi connectivity index (χ0) is 10.8. The van der Waals surface area contributed by atoms with Gasteiger partial charge in [0.25, 0.3) is 5.91 Å². The van der Waals surface area contributed by atoms with Crippen LogP contribution in [-0.4, -0.2) is 16.8 Å². The fourth-order valence-electron chi connectivity index (χ4n) is 1.92. The number of carbonyl (C=O) groups excluding carboxylic acids is 1. The molecule has 0 radical (unpaired) electrons. The van der Waals surface area contributed by atoms with Gasteiger partial charge >= 0.3 is 0 Å². The quantitative estimate of drug-likeness (QED) is 0.832. The smallest absolute Gasteiger partial charge is 0.261 e. The molecule has 0 bridgehead atoms. The summed E-state index contributed by atoms with van der Waals surface area (Å²) >= 11 is 5.12. The lowest BCUT2D eigenvalue weighted by Gasteiger charge is -2.15. The van der Waals surface area contributed by atoms with Crippen molar-refractivity contribution in [3.63, 3.8) is 0 Å². The predicted molar refractivity (Wildman–Crippen MR) is 66.9 cm³/mol. The van der Waals surface area contributed by atoms with E-state index in [1.807, 2.05) is 18.4 Å². The van der Waals surface area contributed by atoms with Crippen LogP contribution in [0.25, 0.3) is 0 Å². The fourth-order valence-corrected chi connectivity index (χ4v) is 3.47. The van der Waals surface area contributed by atoms with Gasteiger partial charge in [0.05, 0.1) is 4.88 Å². The van der Waals surface area contributed by atoms with Crippen molar-refractivity contribution in [3.8, 4) is 0 Å². The van der Waals surface area contributed by atoms with E-state index in [-0.39, 0.29) is 5.91 Å². The van der Waals surface area contributed by atoms with Crippen molar-refractivity contribution < 1.29 is 4.79 Å². The molecule has 1 fully saturated rings. The monoisotopic (exact) mass is 287 g/mol. The topological polar surface area (TPSA) is 29.1 Å². The van der Waals surface area contributed by atoms with Gasteiger partial charge in [0, 0.05) is 10.9 Å². The van der Waals surface area contributed by atoms with Gasteiger partial charge in [-0.3, -0.25) is 4.79 Å². The first-order chi connectivity index (χ1) is 7.18. The zero-order valence-electron chi connectivity index (χ0n) is 8.63. The molecule has 2 nitrogen and oxygen atoms in total. The summed E-state index contributed by atoms with van der Waals surface area (Å²) in [5, 5.41) is 5.06. The van der Waals surface area contributed by atoms with Crippen LogP contribution in [0.3, 0.4) is 0 Å². The van der Waals surface area contributed by atoms with E-state index in [2.05, 4.69) is 21.2 Å². The molecule has 0 spiro atoms. The number of nitrogens with one attached hydrogen (secondary N) is 1. The molecule has 2 atom stereocenters. The Kier molecular flexibility index (Phi) is 3.46. The van der Waals surface area contributed by atoms with Gasteiger partial charge < -0.3 is 5.32 Å². The molecule has 15 heavy (non-hydrogen) atoms. The van der Waals surface area contributed by atoms with Crippen LogP contribution in [0.4, 0.5) is 0 Å². The summed E-state index contributed by atoms with van der Waals surface area (Å²) in [7, 11) is 0. The molecule has 1 amide bonds. The third kappa shape index (κ3) is 2.42. The van der Waals surface area contributed by atoms with Gasteiger partial charge in [-0.05, 0) is 36.8 Å². The van der Waals surface area contributed by atoms with Crippen LogP contribution in [0.5, 0.6) is 0 Å². The Balaban J connectivity index is 2.01. The highest BCUT2D eigenvalue weighted by molar-refractivity contribution is 9.09. The average molecular weight is 288 g/mol. The van der Waals surface area contributed by atoms with Crippen molar-refractivity contribution in [1.29, 1.82) is 0 Å². The predicted octanol–water partition coefficient (Wildman–Crippen LogP) is 3.10. The molecule has 0 saturated heterocycles. The summed E-state index contributed by atoms with van der Waals surface area (Å²) in [5.41, 5.74) is 1.07. The van der Waals surface area contributed by atoms with E-state index in [0.29, 0.717) is 10.9 Å². The maximum absolute atomic E-state index is 11.9. The number of amides is 1. The van der Waals surface area contributed by atoms with Crippen LogP contribution >= 0.6 is 27.3 Å². The minimum Gasteiger partial charge on any atom is -0.347 e. The molecule has 1 aromatic rings. The first-order valence-electron chi connectivity index (χ1n) is 5.17. The average Bonchev–Trinajstić information content (AvgIpc) is 2.76. The number of thiophene rings is 1. The molecule has 1 aliphatic rings. The molecule has 0 aromatic carbocycles. The summed E-state index contributed by atoms with van der Waals surface area (Å²) < 4.78 is 0. The molecule has 2 rings (SSSR count). The Morgan fingerprint density at radius 2 is 2.40 bits per heavy atom. The first-order valence-corrected chi connectivity index (χ1v) is 6.97. The molecule has 0 aliphatic heterocycles. The van der Waals surface area contributed by atoms with Crippen molar-refractivity contribution >= 4 is 33.2 Å². The summed E-state index contributed by atoms with van der Waals surface area (Å²) in [6.07, 6.45) is 3.45. The van der Waals surface area contributed by atoms with E-state index >= 15 is 0 Å². The molecule has 1 aliphatic carbocycles. The second-order valence-corrected chi connectivity index (χ2v) is 6.05. The number of hydrogen-bond donors (Lipinski definition) is 1. The van der Waals surface area contributed by atoms with E-state index in [4.69, 9.17) is 0 Å². The van der Waals surface area contributed by atoms with Gasteiger partial charge in [-0.2, -0.15) is 0 Å². The standard InChI is InChI=1S/C11H14BrNOS/c1-7-5-6-15-10(7)11(14)13-9-4-2-3-8(9)12/h5-6,8-9H,2-4H2,1H3,(H,13,14). The van der Waals surface area contributed by atoms with Crippen molar-refractivity contribution in [3.05, 3.63) is 21.9 Å². The van der Waals surface area contributed by atoms with Gasteiger partial charge in [0.1, 0.15) is 0 Å². The fraction of sp³-hybridized carbons (Fsp3) is 0.545. The van der Waals surface area contributed by atoms with Crippen LogP contribution in [0, 0.1) is 6.92 Å². The Hall–Kier alpha value is -0.350. The summed E-state index contributed by atoms with van der Waals surface area (Å²) in [4.78, 5) is 13.2. The van der Waals surface area contributed by atoms with E-state index in [1.165, 1.54) is 17.8 Å². The molecule has 82 valence electrons. The molecule has 1 saturated carbocycles. The normalized spacial score (nSPS) is 25.5. The van der Waals surface area contributed by atoms with Crippen molar-refractivity contribution in [1.82, 2.24) is 5.32 Å². The summed E-state index contributed by atoms with van der Waals surface area (Å²) in [6.45, 7) is 1.98. The molecule has 1 aromatic heterocycles. The lowest BCUT2D eigenvalue weighted by molar-refractivity contribution is 0.0942. The lowest BCUT2D eigenvalue weighted by atomic mass is 10.2. The number of alkyl halides is 1. The van der Waals surface area contributed by atoms with Crippen LogP contribution in [0.2, 0.25) is 0 Å². The Morgan fingerprint density at radius 1 is 1.60 bits per heavy atom. The van der Waals surface area contributed by atoms with Gasteiger partial charge in [0.2, 0.25) is 0 Å². The highest BCUT2D eigenvalue weighted by Gasteiger charge is 2.27. The lowest BCUT2D eigenvalue weighted by Crippen LogP contribution is -2.37. The number of carbonyl (C=O) groups is 1. The minimum atomic E-state index is 0.0823. The molecule has 4 heteroatoms. The molecular formula is C11H14BrNOS. The SMILES string of the molecule is Cc1ccsc1C(=O)NC1CCCC1Br. The third-order valence-electron chi connectivity index (χ3n) is 2.82. The maximum atomic E-state index is 11.9. The van der Waals surface area contributed by atoms with E-state index < -0.39 is 0 Å². The zero-order valence-corrected chi connectivity index (χ0v) is 11.0. The second-order valence-electron chi connectivity index (χ2n) is 3.96. The van der Waals surface area contributed by atoms with Gasteiger partial charge in [-0.25, -0.2) is 0 Å². The molecule has 2 unspecified atom stereocenters. The summed E-state index contributed by atoms with van der Waals surface area (Å²) in [6, 6.07) is 2.29. The number of rotatable bonds is 2. The van der Waals surface area contributed by atoms with E-state index in [0.717, 1.165) is 23.3 Å². The largest absolute Gasteiger partial charge is 0.347 e. The number of aryl methyl sites for hydroxylation is 1. The molecule has 1 N–H and O–H groups in total. The minimum absolute atomic E-state index is 0.0823. The van der Waals surface area contributed by atoms with E-state index in [9.17, 15) is 4.79 Å². The van der Waals surface area contributed by atoms with Crippen molar-refractivity contribution in [2.45, 2.75) is 37.1 Å².